The molecule has 0 amide bonds. The third-order valence-electron chi connectivity index (χ3n) is 1.95. The minimum atomic E-state index is -0.448. The van der Waals surface area contributed by atoms with Crippen LogP contribution in [0.4, 0.5) is 0 Å². The molecule has 0 bridgehead atoms. The molecule has 1 aliphatic carbocycles. The summed E-state index contributed by atoms with van der Waals surface area (Å²) in [5, 5.41) is 9.51. The highest BCUT2D eigenvalue weighted by Crippen LogP contribution is 2.37. The molecule has 0 atom stereocenters. The molecule has 0 aromatic carbocycles. The molecule has 0 saturated heterocycles. The van der Waals surface area contributed by atoms with Crippen LogP contribution in [0, 0.1) is 0 Å². The molecule has 0 unspecified atom stereocenters. The molecule has 1 aromatic rings. The zero-order valence-corrected chi connectivity index (χ0v) is 6.20. The summed E-state index contributed by atoms with van der Waals surface area (Å²) in [5.74, 6) is 0. The molecule has 1 fully saturated rings. The molecule has 3 nitrogen and oxygen atoms in total. The Morgan fingerprint density at radius 2 is 2.27 bits per heavy atom. The molecule has 1 heterocycles. The molecule has 11 heavy (non-hydrogen) atoms. The number of hydrogen-bond acceptors (Lipinski definition) is 3. The lowest BCUT2D eigenvalue weighted by Gasteiger charge is -2.04. The van der Waals surface area contributed by atoms with Gasteiger partial charge in [0, 0.05) is 25.0 Å². The van der Waals surface area contributed by atoms with Gasteiger partial charge in [0.1, 0.15) is 0 Å². The summed E-state index contributed by atoms with van der Waals surface area (Å²) in [6.07, 6.45) is 7.46. The average molecular weight is 150 g/mol. The Morgan fingerprint density at radius 3 is 2.82 bits per heavy atom. The SMILES string of the molecule is OC1(Cc2cnccn2)CC1. The van der Waals surface area contributed by atoms with Gasteiger partial charge in [-0.05, 0) is 12.8 Å². The molecule has 2 rings (SSSR count). The van der Waals surface area contributed by atoms with Gasteiger partial charge < -0.3 is 5.11 Å². The van der Waals surface area contributed by atoms with Crippen molar-refractivity contribution in [2.24, 2.45) is 0 Å². The van der Waals surface area contributed by atoms with Crippen molar-refractivity contribution in [1.82, 2.24) is 9.97 Å². The lowest BCUT2D eigenvalue weighted by molar-refractivity contribution is 0.149. The molecule has 0 radical (unpaired) electrons. The largest absolute Gasteiger partial charge is 0.389 e. The maximum absolute atomic E-state index is 9.51. The van der Waals surface area contributed by atoms with E-state index in [1.807, 2.05) is 0 Å². The zero-order chi connectivity index (χ0) is 7.73. The van der Waals surface area contributed by atoms with Crippen molar-refractivity contribution in [2.75, 3.05) is 0 Å². The fourth-order valence-corrected chi connectivity index (χ4v) is 1.08. The second kappa shape index (κ2) is 2.27. The second-order valence-electron chi connectivity index (χ2n) is 3.10. The minimum absolute atomic E-state index is 0.448. The van der Waals surface area contributed by atoms with Gasteiger partial charge in [-0.3, -0.25) is 9.97 Å². The van der Waals surface area contributed by atoms with Gasteiger partial charge >= 0.3 is 0 Å². The van der Waals surface area contributed by atoms with Crippen LogP contribution in [0.2, 0.25) is 0 Å². The van der Waals surface area contributed by atoms with Crippen LogP contribution in [0.3, 0.4) is 0 Å². The summed E-state index contributed by atoms with van der Waals surface area (Å²) >= 11 is 0. The molecule has 0 aliphatic heterocycles. The van der Waals surface area contributed by atoms with E-state index in [-0.39, 0.29) is 0 Å². The van der Waals surface area contributed by atoms with Crippen molar-refractivity contribution in [3.63, 3.8) is 0 Å². The van der Waals surface area contributed by atoms with E-state index < -0.39 is 5.60 Å². The predicted molar refractivity (Wildman–Crippen MR) is 39.9 cm³/mol. The fourth-order valence-electron chi connectivity index (χ4n) is 1.08. The number of aromatic nitrogens is 2. The summed E-state index contributed by atoms with van der Waals surface area (Å²) < 4.78 is 0. The van der Waals surface area contributed by atoms with Crippen molar-refractivity contribution in [3.05, 3.63) is 24.3 Å². The summed E-state index contributed by atoms with van der Waals surface area (Å²) in [6.45, 7) is 0. The first-order valence-electron chi connectivity index (χ1n) is 3.76. The molecule has 58 valence electrons. The molecule has 1 aliphatic rings. The van der Waals surface area contributed by atoms with Crippen LogP contribution in [-0.4, -0.2) is 20.7 Å². The highest BCUT2D eigenvalue weighted by Gasteiger charge is 2.40. The van der Waals surface area contributed by atoms with Gasteiger partial charge in [0.15, 0.2) is 0 Å². The highest BCUT2D eigenvalue weighted by molar-refractivity contribution is 5.06. The number of rotatable bonds is 2. The molecule has 1 saturated carbocycles. The smallest absolute Gasteiger partial charge is 0.0705 e. The van der Waals surface area contributed by atoms with Gasteiger partial charge in [0.05, 0.1) is 11.3 Å². The van der Waals surface area contributed by atoms with Gasteiger partial charge in [-0.1, -0.05) is 0 Å². The topological polar surface area (TPSA) is 46.0 Å². The standard InChI is InChI=1S/C8H10N2O/c11-8(1-2-8)5-7-6-9-3-4-10-7/h3-4,6,11H,1-2,5H2. The third-order valence-corrected chi connectivity index (χ3v) is 1.95. The van der Waals surface area contributed by atoms with E-state index in [9.17, 15) is 5.11 Å². The highest BCUT2D eigenvalue weighted by atomic mass is 16.3. The molecule has 3 heteroatoms. The van der Waals surface area contributed by atoms with Crippen LogP contribution < -0.4 is 0 Å². The summed E-state index contributed by atoms with van der Waals surface area (Å²) in [5.41, 5.74) is 0.434. The summed E-state index contributed by atoms with van der Waals surface area (Å²) in [4.78, 5) is 8.00. The first kappa shape index (κ1) is 6.73. The van der Waals surface area contributed by atoms with Crippen LogP contribution >= 0.6 is 0 Å². The fraction of sp³-hybridized carbons (Fsp3) is 0.500. The lowest BCUT2D eigenvalue weighted by Crippen LogP contribution is -2.11. The first-order valence-corrected chi connectivity index (χ1v) is 3.76. The Balaban J connectivity index is 2.07. The molecule has 1 aromatic heterocycles. The maximum atomic E-state index is 9.51. The van der Waals surface area contributed by atoms with Crippen LogP contribution in [0.15, 0.2) is 18.6 Å². The Morgan fingerprint density at radius 1 is 1.45 bits per heavy atom. The molecule has 0 spiro atoms. The number of nitrogens with zero attached hydrogens (tertiary/aromatic N) is 2. The monoisotopic (exact) mass is 150 g/mol. The number of aliphatic hydroxyl groups is 1. The van der Waals surface area contributed by atoms with Crippen LogP contribution in [0.5, 0.6) is 0 Å². The first-order chi connectivity index (χ1) is 5.29. The summed E-state index contributed by atoms with van der Waals surface area (Å²) in [6, 6.07) is 0. The molecular weight excluding hydrogens is 140 g/mol. The van der Waals surface area contributed by atoms with Gasteiger partial charge in [0.2, 0.25) is 0 Å². The van der Waals surface area contributed by atoms with Gasteiger partial charge in [-0.2, -0.15) is 0 Å². The predicted octanol–water partition coefficient (Wildman–Crippen LogP) is 0.544. The van der Waals surface area contributed by atoms with E-state index in [4.69, 9.17) is 0 Å². The third kappa shape index (κ3) is 1.54. The second-order valence-corrected chi connectivity index (χ2v) is 3.10. The molecule has 1 N–H and O–H groups in total. The van der Waals surface area contributed by atoms with Crippen LogP contribution in [-0.2, 0) is 6.42 Å². The van der Waals surface area contributed by atoms with Crippen LogP contribution in [0.1, 0.15) is 18.5 Å². The van der Waals surface area contributed by atoms with Crippen molar-refractivity contribution in [3.8, 4) is 0 Å². The average Bonchev–Trinajstić information content (AvgIpc) is 2.70. The Hall–Kier alpha value is -0.960. The van der Waals surface area contributed by atoms with Crippen molar-refractivity contribution in [2.45, 2.75) is 24.9 Å². The quantitative estimate of drug-likeness (QED) is 0.669. The van der Waals surface area contributed by atoms with Crippen molar-refractivity contribution >= 4 is 0 Å². The maximum Gasteiger partial charge on any atom is 0.0705 e. The Kier molecular flexibility index (Phi) is 1.39. The van der Waals surface area contributed by atoms with E-state index in [0.29, 0.717) is 6.42 Å². The van der Waals surface area contributed by atoms with E-state index in [2.05, 4.69) is 9.97 Å². The van der Waals surface area contributed by atoms with Crippen LogP contribution in [0.25, 0.3) is 0 Å². The zero-order valence-electron chi connectivity index (χ0n) is 6.20. The van der Waals surface area contributed by atoms with Crippen molar-refractivity contribution in [1.29, 1.82) is 0 Å². The van der Waals surface area contributed by atoms with Gasteiger partial charge in [-0.15, -0.1) is 0 Å². The van der Waals surface area contributed by atoms with E-state index in [1.165, 1.54) is 0 Å². The van der Waals surface area contributed by atoms with E-state index >= 15 is 0 Å². The molecular formula is C8H10N2O. The van der Waals surface area contributed by atoms with Gasteiger partial charge in [0.25, 0.3) is 0 Å². The lowest BCUT2D eigenvalue weighted by atomic mass is 10.2. The van der Waals surface area contributed by atoms with Gasteiger partial charge in [-0.25, -0.2) is 0 Å². The van der Waals surface area contributed by atoms with E-state index in [1.54, 1.807) is 18.6 Å². The minimum Gasteiger partial charge on any atom is -0.389 e. The Bertz CT molecular complexity index is 244. The van der Waals surface area contributed by atoms with E-state index in [0.717, 1.165) is 18.5 Å². The van der Waals surface area contributed by atoms with Crippen molar-refractivity contribution < 1.29 is 5.11 Å². The normalized spacial score (nSPS) is 19.7. The Labute approximate surface area is 65.1 Å². The number of hydrogen-bond donors (Lipinski definition) is 1. The summed E-state index contributed by atoms with van der Waals surface area (Å²) in [7, 11) is 0.